The molecule has 0 bridgehead atoms. The third kappa shape index (κ3) is 2.42. The highest BCUT2D eigenvalue weighted by molar-refractivity contribution is 8.00. The van der Waals surface area contributed by atoms with E-state index >= 15 is 0 Å². The molecule has 1 atom stereocenters. The zero-order valence-corrected chi connectivity index (χ0v) is 10.8. The largest absolute Gasteiger partial charge is 0.243 e. The Hall–Kier alpha value is -0.520. The van der Waals surface area contributed by atoms with Crippen LogP contribution in [0.1, 0.15) is 6.92 Å². The van der Waals surface area contributed by atoms with Crippen LogP contribution in [0.15, 0.2) is 35.2 Å². The number of benzene rings is 1. The van der Waals surface area contributed by atoms with Crippen molar-refractivity contribution in [3.8, 4) is 0 Å². The highest BCUT2D eigenvalue weighted by atomic mass is 32.2. The molecule has 1 unspecified atom stereocenters. The average Bonchev–Trinajstić information content (AvgIpc) is 2.30. The molecule has 2 rings (SSSR count). The minimum absolute atomic E-state index is 0.382. The van der Waals surface area contributed by atoms with E-state index in [0.29, 0.717) is 23.2 Å². The molecule has 1 aromatic rings. The Bertz CT molecular complexity index is 444. The Labute approximate surface area is 101 Å². The van der Waals surface area contributed by atoms with Crippen molar-refractivity contribution in [2.45, 2.75) is 17.1 Å². The van der Waals surface area contributed by atoms with Gasteiger partial charge < -0.3 is 0 Å². The van der Waals surface area contributed by atoms with E-state index in [4.69, 9.17) is 0 Å². The van der Waals surface area contributed by atoms with Gasteiger partial charge in [0, 0.05) is 24.1 Å². The van der Waals surface area contributed by atoms with Crippen LogP contribution in [0.2, 0.25) is 0 Å². The molecule has 3 nitrogen and oxygen atoms in total. The molecule has 0 aromatic heterocycles. The molecular formula is C11H15NO2S2. The van der Waals surface area contributed by atoms with E-state index in [-0.39, 0.29) is 0 Å². The van der Waals surface area contributed by atoms with Crippen molar-refractivity contribution in [1.82, 2.24) is 4.31 Å². The first-order valence-electron chi connectivity index (χ1n) is 5.27. The monoisotopic (exact) mass is 257 g/mol. The topological polar surface area (TPSA) is 37.4 Å². The van der Waals surface area contributed by atoms with Crippen molar-refractivity contribution in [3.63, 3.8) is 0 Å². The van der Waals surface area contributed by atoms with Crippen LogP contribution >= 0.6 is 11.8 Å². The van der Waals surface area contributed by atoms with Gasteiger partial charge >= 0.3 is 0 Å². The van der Waals surface area contributed by atoms with Gasteiger partial charge in [-0.25, -0.2) is 8.42 Å². The molecule has 0 aliphatic carbocycles. The minimum Gasteiger partial charge on any atom is -0.207 e. The van der Waals surface area contributed by atoms with Gasteiger partial charge in [-0.1, -0.05) is 25.1 Å². The van der Waals surface area contributed by atoms with E-state index in [0.717, 1.165) is 5.75 Å². The van der Waals surface area contributed by atoms with Crippen LogP contribution in [0.3, 0.4) is 0 Å². The fraction of sp³-hybridized carbons (Fsp3) is 0.455. The molecule has 1 aliphatic heterocycles. The normalized spacial score (nSPS) is 23.2. The number of hydrogen-bond acceptors (Lipinski definition) is 3. The van der Waals surface area contributed by atoms with E-state index in [1.165, 1.54) is 0 Å². The predicted molar refractivity (Wildman–Crippen MR) is 67.1 cm³/mol. The molecule has 1 saturated heterocycles. The highest BCUT2D eigenvalue weighted by Gasteiger charge is 2.28. The first kappa shape index (κ1) is 12.0. The first-order valence-corrected chi connectivity index (χ1v) is 7.76. The maximum Gasteiger partial charge on any atom is 0.243 e. The van der Waals surface area contributed by atoms with Crippen LogP contribution in [-0.2, 0) is 10.0 Å². The van der Waals surface area contributed by atoms with Gasteiger partial charge in [-0.05, 0) is 12.1 Å². The van der Waals surface area contributed by atoms with Crippen LogP contribution in [0, 0.1) is 0 Å². The second-order valence-corrected chi connectivity index (χ2v) is 7.34. The molecule has 16 heavy (non-hydrogen) atoms. The number of rotatable bonds is 2. The van der Waals surface area contributed by atoms with Crippen molar-refractivity contribution in [1.29, 1.82) is 0 Å². The summed E-state index contributed by atoms with van der Waals surface area (Å²) in [5, 5.41) is 0.382. The fourth-order valence-electron chi connectivity index (χ4n) is 1.75. The Kier molecular flexibility index (Phi) is 3.56. The summed E-state index contributed by atoms with van der Waals surface area (Å²) in [6.07, 6.45) is 0. The van der Waals surface area contributed by atoms with Gasteiger partial charge in [0.1, 0.15) is 0 Å². The van der Waals surface area contributed by atoms with Crippen molar-refractivity contribution < 1.29 is 8.42 Å². The molecule has 1 aliphatic rings. The summed E-state index contributed by atoms with van der Waals surface area (Å²) in [5.74, 6) is 0.882. The molecule has 0 saturated carbocycles. The zero-order valence-electron chi connectivity index (χ0n) is 9.17. The molecule has 0 amide bonds. The van der Waals surface area contributed by atoms with Crippen molar-refractivity contribution in [2.24, 2.45) is 0 Å². The number of sulfonamides is 1. The molecular weight excluding hydrogens is 242 g/mol. The van der Waals surface area contributed by atoms with Crippen molar-refractivity contribution in [2.75, 3.05) is 18.8 Å². The Morgan fingerprint density at radius 1 is 1.31 bits per heavy atom. The van der Waals surface area contributed by atoms with E-state index in [2.05, 4.69) is 6.92 Å². The molecule has 5 heteroatoms. The van der Waals surface area contributed by atoms with Crippen LogP contribution in [0.4, 0.5) is 0 Å². The lowest BCUT2D eigenvalue weighted by molar-refractivity contribution is 0.424. The van der Waals surface area contributed by atoms with Crippen LogP contribution in [0.25, 0.3) is 0 Å². The summed E-state index contributed by atoms with van der Waals surface area (Å²) in [5.41, 5.74) is 0. The first-order chi connectivity index (χ1) is 7.60. The Balaban J connectivity index is 2.26. The molecule has 1 heterocycles. The summed E-state index contributed by atoms with van der Waals surface area (Å²) >= 11 is 1.83. The maximum absolute atomic E-state index is 12.2. The second-order valence-electron chi connectivity index (χ2n) is 3.86. The summed E-state index contributed by atoms with van der Waals surface area (Å²) < 4.78 is 26.1. The molecule has 88 valence electrons. The molecule has 0 spiro atoms. The maximum atomic E-state index is 12.2. The summed E-state index contributed by atoms with van der Waals surface area (Å²) in [4.78, 5) is 0.397. The predicted octanol–water partition coefficient (Wildman–Crippen LogP) is 1.81. The van der Waals surface area contributed by atoms with E-state index in [9.17, 15) is 8.42 Å². The highest BCUT2D eigenvalue weighted by Crippen LogP contribution is 2.23. The van der Waals surface area contributed by atoms with Gasteiger partial charge in [0.15, 0.2) is 0 Å². The molecule has 0 radical (unpaired) electrons. The van der Waals surface area contributed by atoms with Gasteiger partial charge in [-0.3, -0.25) is 0 Å². The quantitative estimate of drug-likeness (QED) is 0.811. The van der Waals surface area contributed by atoms with Gasteiger partial charge in [-0.15, -0.1) is 0 Å². The summed E-state index contributed by atoms with van der Waals surface area (Å²) in [7, 11) is -3.27. The lowest BCUT2D eigenvalue weighted by Gasteiger charge is -2.29. The molecule has 1 aromatic carbocycles. The lowest BCUT2D eigenvalue weighted by atomic mass is 10.4. The Morgan fingerprint density at radius 2 is 2.00 bits per heavy atom. The van der Waals surface area contributed by atoms with Gasteiger partial charge in [0.2, 0.25) is 10.0 Å². The summed E-state index contributed by atoms with van der Waals surface area (Å²) in [6, 6.07) is 8.65. The van der Waals surface area contributed by atoms with Crippen molar-refractivity contribution >= 4 is 21.8 Å². The number of hydrogen-bond donors (Lipinski definition) is 0. The van der Waals surface area contributed by atoms with E-state index in [1.807, 2.05) is 17.8 Å². The zero-order chi connectivity index (χ0) is 11.6. The van der Waals surface area contributed by atoms with Crippen LogP contribution < -0.4 is 0 Å². The number of nitrogens with zero attached hydrogens (tertiary/aromatic N) is 1. The minimum atomic E-state index is -3.27. The lowest BCUT2D eigenvalue weighted by Crippen LogP contribution is -2.40. The fourth-order valence-corrected chi connectivity index (χ4v) is 4.52. The van der Waals surface area contributed by atoms with E-state index < -0.39 is 10.0 Å². The van der Waals surface area contributed by atoms with Crippen molar-refractivity contribution in [3.05, 3.63) is 30.3 Å². The standard InChI is InChI=1S/C11H15NO2S2/c1-10-9-12(7-8-15-10)16(13,14)11-5-3-2-4-6-11/h2-6,10H,7-9H2,1H3. The third-order valence-corrected chi connectivity index (χ3v) is 5.60. The Morgan fingerprint density at radius 3 is 2.62 bits per heavy atom. The number of thioether (sulfide) groups is 1. The smallest absolute Gasteiger partial charge is 0.207 e. The molecule has 0 N–H and O–H groups in total. The second kappa shape index (κ2) is 4.77. The SMILES string of the molecule is CC1CN(S(=O)(=O)c2ccccc2)CCS1. The van der Waals surface area contributed by atoms with Crippen LogP contribution in [0.5, 0.6) is 0 Å². The van der Waals surface area contributed by atoms with Gasteiger partial charge in [-0.2, -0.15) is 16.1 Å². The van der Waals surface area contributed by atoms with Gasteiger partial charge in [0.05, 0.1) is 4.90 Å². The van der Waals surface area contributed by atoms with Crippen LogP contribution in [-0.4, -0.2) is 36.8 Å². The molecule has 1 fully saturated rings. The third-order valence-electron chi connectivity index (χ3n) is 2.58. The average molecular weight is 257 g/mol. The van der Waals surface area contributed by atoms with Gasteiger partial charge in [0.25, 0.3) is 0 Å². The summed E-state index contributed by atoms with van der Waals surface area (Å²) in [6.45, 7) is 3.30. The van der Waals surface area contributed by atoms with E-state index in [1.54, 1.807) is 28.6 Å².